The molecule has 1 aliphatic carbocycles. The van der Waals surface area contributed by atoms with Crippen LogP contribution < -0.4 is 5.32 Å². The fourth-order valence-corrected chi connectivity index (χ4v) is 2.93. The maximum absolute atomic E-state index is 4.76. The first-order chi connectivity index (χ1) is 12.4. The first-order valence-electron chi connectivity index (χ1n) is 8.61. The van der Waals surface area contributed by atoms with Crippen LogP contribution in [0.4, 0.5) is 5.69 Å². The topological polar surface area (TPSA) is 24.9 Å². The van der Waals surface area contributed by atoms with Crippen molar-refractivity contribution in [3.63, 3.8) is 0 Å². The molecule has 2 nitrogen and oxygen atoms in total. The second-order valence-electron chi connectivity index (χ2n) is 6.13. The average Bonchev–Trinajstić information content (AvgIpc) is 2.95. The molecular formula is C23H20N2. The van der Waals surface area contributed by atoms with Gasteiger partial charge in [-0.1, -0.05) is 66.8 Å². The molecule has 2 heteroatoms. The molecule has 2 aromatic carbocycles. The standard InChI is InChI=1S/C23H20N2/c1-2-4-8-18(7-3-1)17-24-21-14-11-20(12-15-21)23-16-13-19-9-5-6-10-22(19)25-23/h1,3-16,24H,2,17H2. The summed E-state index contributed by atoms with van der Waals surface area (Å²) in [6.45, 7) is 0.828. The van der Waals surface area contributed by atoms with E-state index in [-0.39, 0.29) is 0 Å². The molecule has 0 unspecified atom stereocenters. The van der Waals surface area contributed by atoms with Gasteiger partial charge in [0.15, 0.2) is 0 Å². The minimum atomic E-state index is 0.828. The lowest BCUT2D eigenvalue weighted by molar-refractivity contribution is 1.26. The van der Waals surface area contributed by atoms with Gasteiger partial charge >= 0.3 is 0 Å². The molecule has 3 aromatic rings. The van der Waals surface area contributed by atoms with Crippen molar-refractivity contribution in [2.24, 2.45) is 0 Å². The SMILES string of the molecule is C1=CCC=CC(CNc2ccc(-c3ccc4ccccc4n3)cc2)=C1. The van der Waals surface area contributed by atoms with Gasteiger partial charge in [0.25, 0.3) is 0 Å². The van der Waals surface area contributed by atoms with Gasteiger partial charge in [-0.25, -0.2) is 4.98 Å². The quantitative estimate of drug-likeness (QED) is 0.660. The van der Waals surface area contributed by atoms with Gasteiger partial charge in [0, 0.05) is 23.2 Å². The average molecular weight is 324 g/mol. The molecule has 0 atom stereocenters. The Balaban J connectivity index is 1.49. The fraction of sp³-hybridized carbons (Fsp3) is 0.0870. The highest BCUT2D eigenvalue weighted by Gasteiger charge is 2.02. The molecule has 1 N–H and O–H groups in total. The molecule has 0 saturated carbocycles. The lowest BCUT2D eigenvalue weighted by Gasteiger charge is -2.08. The molecule has 0 amide bonds. The molecule has 1 aromatic heterocycles. The Hall–Kier alpha value is -3.13. The highest BCUT2D eigenvalue weighted by atomic mass is 14.9. The fourth-order valence-electron chi connectivity index (χ4n) is 2.93. The molecule has 0 aliphatic heterocycles. The van der Waals surface area contributed by atoms with E-state index in [1.165, 1.54) is 11.0 Å². The van der Waals surface area contributed by atoms with Crippen molar-refractivity contribution in [1.29, 1.82) is 0 Å². The van der Waals surface area contributed by atoms with Crippen molar-refractivity contribution in [3.8, 4) is 11.3 Å². The number of hydrogen-bond acceptors (Lipinski definition) is 2. The molecule has 1 heterocycles. The maximum Gasteiger partial charge on any atom is 0.0709 e. The number of aromatic nitrogens is 1. The van der Waals surface area contributed by atoms with E-state index in [1.807, 2.05) is 12.1 Å². The molecule has 0 spiro atoms. The Morgan fingerprint density at radius 3 is 2.68 bits per heavy atom. The normalized spacial score (nSPS) is 13.5. The van der Waals surface area contributed by atoms with Crippen LogP contribution in [0.2, 0.25) is 0 Å². The molecule has 1 aliphatic rings. The Kier molecular flexibility index (Phi) is 4.42. The van der Waals surface area contributed by atoms with E-state index < -0.39 is 0 Å². The molecule has 0 saturated heterocycles. The lowest BCUT2D eigenvalue weighted by Crippen LogP contribution is -2.03. The van der Waals surface area contributed by atoms with E-state index in [9.17, 15) is 0 Å². The summed E-state index contributed by atoms with van der Waals surface area (Å²) in [5.41, 5.74) is 5.57. The molecule has 0 radical (unpaired) electrons. The van der Waals surface area contributed by atoms with E-state index >= 15 is 0 Å². The Bertz CT molecular complexity index is 963. The van der Waals surface area contributed by atoms with Gasteiger partial charge in [0.2, 0.25) is 0 Å². The second kappa shape index (κ2) is 7.18. The zero-order valence-corrected chi connectivity index (χ0v) is 14.0. The summed E-state index contributed by atoms with van der Waals surface area (Å²) >= 11 is 0. The minimum absolute atomic E-state index is 0.828. The third-order valence-corrected chi connectivity index (χ3v) is 4.33. The molecule has 4 rings (SSSR count). The Labute approximate surface area is 148 Å². The predicted molar refractivity (Wildman–Crippen MR) is 107 cm³/mol. The van der Waals surface area contributed by atoms with Gasteiger partial charge in [-0.2, -0.15) is 0 Å². The van der Waals surface area contributed by atoms with E-state index in [1.54, 1.807) is 0 Å². The first-order valence-corrected chi connectivity index (χ1v) is 8.61. The van der Waals surface area contributed by atoms with Gasteiger partial charge in [-0.15, -0.1) is 0 Å². The number of nitrogens with zero attached hydrogens (tertiary/aromatic N) is 1. The van der Waals surface area contributed by atoms with Gasteiger partial charge in [-0.3, -0.25) is 0 Å². The van der Waals surface area contributed by atoms with Gasteiger partial charge < -0.3 is 5.32 Å². The van der Waals surface area contributed by atoms with Crippen molar-refractivity contribution >= 4 is 16.6 Å². The highest BCUT2D eigenvalue weighted by Crippen LogP contribution is 2.22. The van der Waals surface area contributed by atoms with Gasteiger partial charge in [0.05, 0.1) is 11.2 Å². The summed E-state index contributed by atoms with van der Waals surface area (Å²) < 4.78 is 0. The van der Waals surface area contributed by atoms with Crippen LogP contribution in [-0.4, -0.2) is 11.5 Å². The van der Waals surface area contributed by atoms with E-state index in [2.05, 4.69) is 84.2 Å². The van der Waals surface area contributed by atoms with E-state index in [0.29, 0.717) is 0 Å². The summed E-state index contributed by atoms with van der Waals surface area (Å²) in [4.78, 5) is 4.76. The zero-order valence-electron chi connectivity index (χ0n) is 14.0. The van der Waals surface area contributed by atoms with Crippen LogP contribution in [-0.2, 0) is 0 Å². The summed E-state index contributed by atoms with van der Waals surface area (Å²) in [5, 5.41) is 4.65. The smallest absolute Gasteiger partial charge is 0.0709 e. The summed E-state index contributed by atoms with van der Waals surface area (Å²) in [7, 11) is 0. The summed E-state index contributed by atoms with van der Waals surface area (Å²) in [6.07, 6.45) is 11.8. The minimum Gasteiger partial charge on any atom is -0.381 e. The molecule has 25 heavy (non-hydrogen) atoms. The third-order valence-electron chi connectivity index (χ3n) is 4.33. The van der Waals surface area contributed by atoms with Crippen LogP contribution >= 0.6 is 0 Å². The number of nitrogens with one attached hydrogen (secondary N) is 1. The van der Waals surface area contributed by atoms with Crippen molar-refractivity contribution in [3.05, 3.63) is 96.6 Å². The monoisotopic (exact) mass is 324 g/mol. The van der Waals surface area contributed by atoms with Crippen molar-refractivity contribution in [2.45, 2.75) is 6.42 Å². The highest BCUT2D eigenvalue weighted by molar-refractivity contribution is 5.81. The van der Waals surface area contributed by atoms with Crippen molar-refractivity contribution in [2.75, 3.05) is 11.9 Å². The van der Waals surface area contributed by atoms with Crippen LogP contribution in [0, 0.1) is 0 Å². The van der Waals surface area contributed by atoms with E-state index in [4.69, 9.17) is 4.98 Å². The molecule has 0 fully saturated rings. The van der Waals surface area contributed by atoms with Gasteiger partial charge in [0.1, 0.15) is 0 Å². The number of fused-ring (bicyclic) bond motifs is 1. The molecule has 122 valence electrons. The number of rotatable bonds is 4. The number of benzene rings is 2. The molecular weight excluding hydrogens is 304 g/mol. The van der Waals surface area contributed by atoms with Gasteiger partial charge in [-0.05, 0) is 36.3 Å². The third kappa shape index (κ3) is 3.69. The summed E-state index contributed by atoms with van der Waals surface area (Å²) in [5.74, 6) is 0. The van der Waals surface area contributed by atoms with Crippen molar-refractivity contribution < 1.29 is 0 Å². The summed E-state index contributed by atoms with van der Waals surface area (Å²) in [6, 6.07) is 20.9. The van der Waals surface area contributed by atoms with Crippen LogP contribution in [0.3, 0.4) is 0 Å². The number of pyridine rings is 1. The largest absolute Gasteiger partial charge is 0.381 e. The lowest BCUT2D eigenvalue weighted by atomic mass is 10.1. The van der Waals surface area contributed by atoms with Crippen LogP contribution in [0.25, 0.3) is 22.2 Å². The second-order valence-corrected chi connectivity index (χ2v) is 6.13. The van der Waals surface area contributed by atoms with Crippen LogP contribution in [0.5, 0.6) is 0 Å². The predicted octanol–water partition coefficient (Wildman–Crippen LogP) is 5.76. The maximum atomic E-state index is 4.76. The number of para-hydroxylation sites is 1. The number of allylic oxidation sites excluding steroid dienone is 4. The zero-order chi connectivity index (χ0) is 16.9. The number of hydrogen-bond donors (Lipinski definition) is 1. The van der Waals surface area contributed by atoms with Crippen molar-refractivity contribution in [1.82, 2.24) is 4.98 Å². The first kappa shape index (κ1) is 15.4. The van der Waals surface area contributed by atoms with Crippen LogP contribution in [0.1, 0.15) is 6.42 Å². The van der Waals surface area contributed by atoms with E-state index in [0.717, 1.165) is 35.4 Å². The Morgan fingerprint density at radius 2 is 1.76 bits per heavy atom. The molecule has 0 bridgehead atoms. The number of anilines is 1. The van der Waals surface area contributed by atoms with Crippen LogP contribution in [0.15, 0.2) is 96.6 Å². The Morgan fingerprint density at radius 1 is 0.880 bits per heavy atom.